The maximum atomic E-state index is 12.8. The van der Waals surface area contributed by atoms with E-state index in [4.69, 9.17) is 14.2 Å². The molecule has 0 aromatic carbocycles. The summed E-state index contributed by atoms with van der Waals surface area (Å²) >= 11 is 0. The van der Waals surface area contributed by atoms with Gasteiger partial charge in [0.05, 0.1) is 6.42 Å². The van der Waals surface area contributed by atoms with Gasteiger partial charge in [0, 0.05) is 12.8 Å². The van der Waals surface area contributed by atoms with Gasteiger partial charge < -0.3 is 14.2 Å². The van der Waals surface area contributed by atoms with E-state index in [0.29, 0.717) is 19.3 Å². The standard InChI is InChI=1S/C69H106O6/c1-4-7-10-13-16-19-22-25-28-29-30-31-32-33-34-35-36-37-38-39-42-44-47-50-53-56-59-62-68(71)74-65-66(75-69(72)63-60-57-54-51-48-45-41-27-24-21-18-15-12-9-6-3)64-73-67(70)61-58-55-52-49-46-43-40-26-23-20-17-14-11-8-5-2/h7-12,16-21,25-28,30-31,33-34,36-37,40-41,48,51,57,60,66H,4-6,13-15,22-24,29,32,35,38-39,42-47,49-50,52-56,58-59,61-65H2,1-3H3/b10-7-,11-8-,12-9-,19-16-,20-17-,21-18-,28-25-,31-30-,34-33-,37-36-,40-26-,41-27-,51-48-,60-57-. The summed E-state index contributed by atoms with van der Waals surface area (Å²) in [4.78, 5) is 38.1. The van der Waals surface area contributed by atoms with Gasteiger partial charge in [-0.25, -0.2) is 0 Å². The number of carbonyl (C=O) groups is 3. The van der Waals surface area contributed by atoms with Crippen molar-refractivity contribution in [3.63, 3.8) is 0 Å². The average Bonchev–Trinajstić information content (AvgIpc) is 3.41. The molecule has 0 aliphatic carbocycles. The van der Waals surface area contributed by atoms with Crippen LogP contribution in [0.15, 0.2) is 170 Å². The van der Waals surface area contributed by atoms with E-state index < -0.39 is 12.1 Å². The van der Waals surface area contributed by atoms with Gasteiger partial charge >= 0.3 is 17.9 Å². The average molecular weight is 1030 g/mol. The van der Waals surface area contributed by atoms with E-state index in [2.05, 4.69) is 179 Å². The molecule has 6 nitrogen and oxygen atoms in total. The molecular formula is C69H106O6. The topological polar surface area (TPSA) is 78.9 Å². The zero-order valence-electron chi connectivity index (χ0n) is 47.7. The Labute approximate surface area is 460 Å². The number of unbranched alkanes of at least 4 members (excludes halogenated alkanes) is 13. The van der Waals surface area contributed by atoms with Gasteiger partial charge in [0.15, 0.2) is 6.10 Å². The largest absolute Gasteiger partial charge is 0.462 e. The smallest absolute Gasteiger partial charge is 0.310 e. The molecule has 1 unspecified atom stereocenters. The van der Waals surface area contributed by atoms with Crippen molar-refractivity contribution in [2.45, 2.75) is 232 Å². The number of rotatable bonds is 51. The molecule has 0 saturated heterocycles. The van der Waals surface area contributed by atoms with Gasteiger partial charge in [-0.2, -0.15) is 0 Å². The molecule has 0 heterocycles. The van der Waals surface area contributed by atoms with Gasteiger partial charge in [-0.1, -0.05) is 249 Å². The minimum atomic E-state index is -0.853. The molecule has 418 valence electrons. The van der Waals surface area contributed by atoms with Gasteiger partial charge in [-0.15, -0.1) is 0 Å². The van der Waals surface area contributed by atoms with Crippen LogP contribution in [0.4, 0.5) is 0 Å². The summed E-state index contributed by atoms with van der Waals surface area (Å²) in [5, 5.41) is 0. The summed E-state index contributed by atoms with van der Waals surface area (Å²) in [7, 11) is 0. The van der Waals surface area contributed by atoms with Crippen molar-refractivity contribution in [2.75, 3.05) is 13.2 Å². The lowest BCUT2D eigenvalue weighted by atomic mass is 10.1. The second-order valence-electron chi connectivity index (χ2n) is 18.8. The third kappa shape index (κ3) is 59.5. The lowest BCUT2D eigenvalue weighted by Crippen LogP contribution is -2.30. The normalized spacial score (nSPS) is 13.4. The Kier molecular flexibility index (Phi) is 57.0. The number of carbonyl (C=O) groups excluding carboxylic acids is 3. The number of esters is 3. The van der Waals surface area contributed by atoms with Crippen LogP contribution < -0.4 is 0 Å². The van der Waals surface area contributed by atoms with Gasteiger partial charge in [-0.3, -0.25) is 14.4 Å². The maximum absolute atomic E-state index is 12.8. The van der Waals surface area contributed by atoms with Gasteiger partial charge in [-0.05, 0) is 128 Å². The molecule has 75 heavy (non-hydrogen) atoms. The molecule has 0 saturated carbocycles. The fourth-order valence-corrected chi connectivity index (χ4v) is 7.42. The van der Waals surface area contributed by atoms with Crippen molar-refractivity contribution < 1.29 is 28.6 Å². The molecule has 0 aliphatic rings. The number of ether oxygens (including phenoxy) is 3. The van der Waals surface area contributed by atoms with Crippen LogP contribution in [0.1, 0.15) is 226 Å². The first-order valence-electron chi connectivity index (χ1n) is 29.6. The second-order valence-corrected chi connectivity index (χ2v) is 18.8. The highest BCUT2D eigenvalue weighted by atomic mass is 16.6. The first kappa shape index (κ1) is 69.8. The van der Waals surface area contributed by atoms with E-state index in [1.54, 1.807) is 6.08 Å². The zero-order valence-corrected chi connectivity index (χ0v) is 47.7. The molecule has 0 aromatic rings. The fourth-order valence-electron chi connectivity index (χ4n) is 7.42. The minimum Gasteiger partial charge on any atom is -0.462 e. The Bertz CT molecular complexity index is 1750. The van der Waals surface area contributed by atoms with Crippen LogP contribution >= 0.6 is 0 Å². The number of hydrogen-bond acceptors (Lipinski definition) is 6. The molecule has 0 bridgehead atoms. The third-order valence-corrected chi connectivity index (χ3v) is 11.7. The predicted octanol–water partition coefficient (Wildman–Crippen LogP) is 20.3. The van der Waals surface area contributed by atoms with E-state index in [-0.39, 0.29) is 31.6 Å². The first-order valence-corrected chi connectivity index (χ1v) is 29.6. The summed E-state index contributed by atoms with van der Waals surface area (Å²) in [6.07, 6.45) is 90.9. The lowest BCUT2D eigenvalue weighted by Gasteiger charge is -2.18. The monoisotopic (exact) mass is 1030 g/mol. The minimum absolute atomic E-state index is 0.0825. The highest BCUT2D eigenvalue weighted by Gasteiger charge is 2.19. The quantitative estimate of drug-likeness (QED) is 0.0261. The summed E-state index contributed by atoms with van der Waals surface area (Å²) in [6, 6.07) is 0. The van der Waals surface area contributed by atoms with Crippen molar-refractivity contribution in [1.29, 1.82) is 0 Å². The number of allylic oxidation sites excluding steroid dienone is 27. The molecule has 0 radical (unpaired) electrons. The van der Waals surface area contributed by atoms with E-state index >= 15 is 0 Å². The summed E-state index contributed by atoms with van der Waals surface area (Å²) in [6.45, 7) is 6.18. The van der Waals surface area contributed by atoms with Crippen LogP contribution in [0, 0.1) is 0 Å². The Morgan fingerprint density at radius 3 is 0.813 bits per heavy atom. The van der Waals surface area contributed by atoms with Crippen LogP contribution in [0.2, 0.25) is 0 Å². The maximum Gasteiger partial charge on any atom is 0.310 e. The van der Waals surface area contributed by atoms with Crippen molar-refractivity contribution in [3.8, 4) is 0 Å². The van der Waals surface area contributed by atoms with Crippen molar-refractivity contribution in [3.05, 3.63) is 170 Å². The third-order valence-electron chi connectivity index (χ3n) is 11.7. The van der Waals surface area contributed by atoms with E-state index in [1.165, 1.54) is 32.1 Å². The highest BCUT2D eigenvalue weighted by molar-refractivity contribution is 5.72. The zero-order chi connectivity index (χ0) is 54.3. The lowest BCUT2D eigenvalue weighted by molar-refractivity contribution is -0.166. The van der Waals surface area contributed by atoms with Crippen molar-refractivity contribution in [2.24, 2.45) is 0 Å². The molecule has 0 aliphatic heterocycles. The van der Waals surface area contributed by atoms with Crippen LogP contribution in [-0.2, 0) is 28.6 Å². The summed E-state index contributed by atoms with van der Waals surface area (Å²) in [5.41, 5.74) is 0. The first-order chi connectivity index (χ1) is 37.0. The van der Waals surface area contributed by atoms with Crippen molar-refractivity contribution in [1.82, 2.24) is 0 Å². The van der Waals surface area contributed by atoms with Crippen molar-refractivity contribution >= 4 is 17.9 Å². The molecule has 0 rings (SSSR count). The molecule has 0 N–H and O–H groups in total. The molecule has 1 atom stereocenters. The Morgan fingerprint density at radius 2 is 0.520 bits per heavy atom. The van der Waals surface area contributed by atoms with Gasteiger partial charge in [0.2, 0.25) is 0 Å². The molecule has 0 fully saturated rings. The van der Waals surface area contributed by atoms with Gasteiger partial charge in [0.25, 0.3) is 0 Å². The Balaban J connectivity index is 4.47. The van der Waals surface area contributed by atoms with Crippen LogP contribution in [0.25, 0.3) is 0 Å². The van der Waals surface area contributed by atoms with E-state index in [9.17, 15) is 14.4 Å². The van der Waals surface area contributed by atoms with Crippen LogP contribution in [-0.4, -0.2) is 37.2 Å². The Hall–Kier alpha value is -5.23. The highest BCUT2D eigenvalue weighted by Crippen LogP contribution is 2.13. The molecule has 6 heteroatoms. The van der Waals surface area contributed by atoms with Crippen LogP contribution in [0.3, 0.4) is 0 Å². The Morgan fingerprint density at radius 1 is 0.280 bits per heavy atom. The van der Waals surface area contributed by atoms with Crippen LogP contribution in [0.5, 0.6) is 0 Å². The van der Waals surface area contributed by atoms with E-state index in [0.717, 1.165) is 148 Å². The summed E-state index contributed by atoms with van der Waals surface area (Å²) in [5.74, 6) is -1.10. The van der Waals surface area contributed by atoms with E-state index in [1.807, 2.05) is 6.08 Å². The fraction of sp³-hybridized carbons (Fsp3) is 0.551. The SMILES string of the molecule is CC/C=C\C/C=C\C/C=C\C/C=C\C/C=C\C/C=C\CCCCCCCCCCC(=O)OCC(COC(=O)CCCCCCC/C=C\C/C=C\C/C=C\CC)OC(=O)C/C=C\C/C=C\C/C=C\C/C=C\C/C=C\CC. The van der Waals surface area contributed by atoms with Gasteiger partial charge in [0.1, 0.15) is 13.2 Å². The molecule has 0 amide bonds. The molecule has 0 aromatic heterocycles. The molecule has 0 spiro atoms. The second kappa shape index (κ2) is 61.3. The predicted molar refractivity (Wildman–Crippen MR) is 325 cm³/mol. The number of hydrogen-bond donors (Lipinski definition) is 0. The summed E-state index contributed by atoms with van der Waals surface area (Å²) < 4.78 is 16.7. The molecular weight excluding hydrogens is 925 g/mol.